The van der Waals surface area contributed by atoms with E-state index in [0.717, 1.165) is 43.5 Å². The minimum absolute atomic E-state index is 0.129. The lowest BCUT2D eigenvalue weighted by Gasteiger charge is -2.37. The second-order valence-electron chi connectivity index (χ2n) is 10.3. The van der Waals surface area contributed by atoms with Gasteiger partial charge in [0.05, 0.1) is 13.2 Å². The Bertz CT molecular complexity index is 533. The average molecular weight is 439 g/mol. The lowest BCUT2D eigenvalue weighted by molar-refractivity contribution is -0.185. The van der Waals surface area contributed by atoms with Gasteiger partial charge < -0.3 is 9.47 Å². The molecule has 0 amide bonds. The number of rotatable bonds is 10. The van der Waals surface area contributed by atoms with Crippen LogP contribution in [0.2, 0.25) is 0 Å². The summed E-state index contributed by atoms with van der Waals surface area (Å²) < 4.78 is 36.0. The summed E-state index contributed by atoms with van der Waals surface area (Å²) >= 11 is 0. The smallest absolute Gasteiger partial charge is 0.266 e. The van der Waals surface area contributed by atoms with E-state index >= 15 is 0 Å². The molecule has 4 heteroatoms. The van der Waals surface area contributed by atoms with Crippen LogP contribution in [0.3, 0.4) is 0 Å². The zero-order chi connectivity index (χ0) is 21.9. The number of ether oxygens (including phenoxy) is 2. The van der Waals surface area contributed by atoms with Gasteiger partial charge in [0.15, 0.2) is 6.29 Å². The molecule has 0 atom stereocenters. The maximum absolute atomic E-state index is 12.1. The largest absolute Gasteiger partial charge is 0.349 e. The van der Waals surface area contributed by atoms with Crippen molar-refractivity contribution in [1.82, 2.24) is 0 Å². The van der Waals surface area contributed by atoms with Gasteiger partial charge in [0.1, 0.15) is 0 Å². The third kappa shape index (κ3) is 8.96. The fourth-order valence-corrected chi connectivity index (χ4v) is 6.12. The molecule has 2 aliphatic carbocycles. The van der Waals surface area contributed by atoms with Crippen LogP contribution in [0, 0.1) is 29.6 Å². The van der Waals surface area contributed by atoms with Crippen molar-refractivity contribution in [1.29, 1.82) is 0 Å². The molecule has 0 unspecified atom stereocenters. The Kier molecular flexibility index (Phi) is 11.0. The minimum atomic E-state index is -1.52. The van der Waals surface area contributed by atoms with E-state index in [1.807, 2.05) is 19.1 Å². The van der Waals surface area contributed by atoms with Crippen LogP contribution < -0.4 is 0 Å². The standard InChI is InChI=1S/C27H44F2O2/c1-2-6-27-30-19-25(20-31-27)24-17-15-22(16-18-24)8-4-3-7-21-11-13-23(14-12-21)9-5-10-26(28)29/h2,6,10,21-25,27H,3-5,7-9,11-20H2,1H3. The number of hydrogen-bond acceptors (Lipinski definition) is 2. The van der Waals surface area contributed by atoms with Crippen molar-refractivity contribution >= 4 is 0 Å². The first-order valence-electron chi connectivity index (χ1n) is 13.0. The van der Waals surface area contributed by atoms with E-state index in [-0.39, 0.29) is 6.29 Å². The second-order valence-corrected chi connectivity index (χ2v) is 10.3. The van der Waals surface area contributed by atoms with Gasteiger partial charge >= 0.3 is 0 Å². The summed E-state index contributed by atoms with van der Waals surface area (Å²) in [5.41, 5.74) is 0. The SMILES string of the molecule is CC=CC1OCC(C2CCC(CCCCC3CCC(CCC=C(F)F)CC3)CC2)CO1. The summed E-state index contributed by atoms with van der Waals surface area (Å²) in [5.74, 6) is 3.87. The van der Waals surface area contributed by atoms with Crippen LogP contribution in [0.15, 0.2) is 24.3 Å². The normalized spacial score (nSPS) is 34.7. The molecule has 178 valence electrons. The van der Waals surface area contributed by atoms with Gasteiger partial charge in [0.2, 0.25) is 0 Å². The van der Waals surface area contributed by atoms with Crippen molar-refractivity contribution < 1.29 is 18.3 Å². The fourth-order valence-electron chi connectivity index (χ4n) is 6.12. The number of hydrogen-bond donors (Lipinski definition) is 0. The molecule has 3 rings (SSSR count). The van der Waals surface area contributed by atoms with Crippen LogP contribution in [0.25, 0.3) is 0 Å². The van der Waals surface area contributed by atoms with E-state index < -0.39 is 6.08 Å². The van der Waals surface area contributed by atoms with Crippen LogP contribution in [0.5, 0.6) is 0 Å². The van der Waals surface area contributed by atoms with Crippen LogP contribution in [-0.2, 0) is 9.47 Å². The number of halogens is 2. The van der Waals surface area contributed by atoms with Crippen molar-refractivity contribution in [2.24, 2.45) is 29.6 Å². The van der Waals surface area contributed by atoms with E-state index in [9.17, 15) is 8.78 Å². The number of unbranched alkanes of at least 4 members (excludes halogenated alkanes) is 1. The molecule has 1 heterocycles. The van der Waals surface area contributed by atoms with Crippen molar-refractivity contribution in [3.8, 4) is 0 Å². The second kappa shape index (κ2) is 13.7. The first-order chi connectivity index (χ1) is 15.1. The predicted molar refractivity (Wildman–Crippen MR) is 123 cm³/mol. The van der Waals surface area contributed by atoms with Gasteiger partial charge in [-0.15, -0.1) is 0 Å². The highest BCUT2D eigenvalue weighted by Crippen LogP contribution is 2.38. The van der Waals surface area contributed by atoms with Crippen LogP contribution in [0.1, 0.15) is 96.8 Å². The molecule has 0 radical (unpaired) electrons. The van der Waals surface area contributed by atoms with E-state index in [0.29, 0.717) is 18.3 Å². The Balaban J connectivity index is 1.20. The maximum atomic E-state index is 12.1. The molecule has 31 heavy (non-hydrogen) atoms. The molecule has 1 aliphatic heterocycles. The average Bonchev–Trinajstić information content (AvgIpc) is 2.79. The molecule has 3 aliphatic rings. The highest BCUT2D eigenvalue weighted by atomic mass is 19.3. The van der Waals surface area contributed by atoms with Gasteiger partial charge in [-0.3, -0.25) is 0 Å². The van der Waals surface area contributed by atoms with Crippen molar-refractivity contribution in [2.75, 3.05) is 13.2 Å². The first-order valence-corrected chi connectivity index (χ1v) is 13.0. The Morgan fingerprint density at radius 3 is 1.77 bits per heavy atom. The van der Waals surface area contributed by atoms with E-state index in [2.05, 4.69) is 0 Å². The van der Waals surface area contributed by atoms with Crippen LogP contribution in [0.4, 0.5) is 8.78 Å². The minimum Gasteiger partial charge on any atom is -0.349 e. The monoisotopic (exact) mass is 438 g/mol. The lowest BCUT2D eigenvalue weighted by atomic mass is 9.74. The van der Waals surface area contributed by atoms with Crippen molar-refractivity contribution in [3.63, 3.8) is 0 Å². The molecular formula is C27H44F2O2. The molecular weight excluding hydrogens is 394 g/mol. The van der Waals surface area contributed by atoms with E-state index in [1.54, 1.807) is 0 Å². The topological polar surface area (TPSA) is 18.5 Å². The lowest BCUT2D eigenvalue weighted by Crippen LogP contribution is -2.36. The van der Waals surface area contributed by atoms with E-state index in [1.165, 1.54) is 77.0 Å². The maximum Gasteiger partial charge on any atom is 0.266 e. The van der Waals surface area contributed by atoms with Gasteiger partial charge in [-0.2, -0.15) is 8.78 Å². The predicted octanol–water partition coefficient (Wildman–Crippen LogP) is 8.29. The zero-order valence-electron chi connectivity index (χ0n) is 19.6. The zero-order valence-corrected chi connectivity index (χ0v) is 19.6. The van der Waals surface area contributed by atoms with Gasteiger partial charge in [0.25, 0.3) is 6.08 Å². The molecule has 0 aromatic carbocycles. The summed E-state index contributed by atoms with van der Waals surface area (Å²) in [5, 5.41) is 0. The Labute approximate surface area is 188 Å². The Morgan fingerprint density at radius 1 is 0.742 bits per heavy atom. The van der Waals surface area contributed by atoms with Crippen LogP contribution in [-0.4, -0.2) is 19.5 Å². The molecule has 0 N–H and O–H groups in total. The highest BCUT2D eigenvalue weighted by molar-refractivity contribution is 4.86. The summed E-state index contributed by atoms with van der Waals surface area (Å²) in [4.78, 5) is 0. The fraction of sp³-hybridized carbons (Fsp3) is 0.852. The molecule has 0 aromatic heterocycles. The summed E-state index contributed by atoms with van der Waals surface area (Å²) in [7, 11) is 0. The molecule has 0 aromatic rings. The summed E-state index contributed by atoms with van der Waals surface area (Å²) in [6.45, 7) is 3.72. The molecule has 0 spiro atoms. The molecule has 2 saturated carbocycles. The number of allylic oxidation sites excluding steroid dienone is 2. The van der Waals surface area contributed by atoms with Gasteiger partial charge in [-0.25, -0.2) is 0 Å². The van der Waals surface area contributed by atoms with Gasteiger partial charge in [0, 0.05) is 5.92 Å². The quantitative estimate of drug-likeness (QED) is 0.252. The third-order valence-electron chi connectivity index (χ3n) is 8.17. The van der Waals surface area contributed by atoms with Gasteiger partial charge in [-0.05, 0) is 68.4 Å². The first kappa shape index (κ1) is 24.9. The Hall–Kier alpha value is -0.740. The van der Waals surface area contributed by atoms with Crippen molar-refractivity contribution in [3.05, 3.63) is 24.3 Å². The van der Waals surface area contributed by atoms with Gasteiger partial charge in [-0.1, -0.05) is 70.3 Å². The molecule has 3 fully saturated rings. The summed E-state index contributed by atoms with van der Waals surface area (Å²) in [6, 6.07) is 0. The van der Waals surface area contributed by atoms with Crippen molar-refractivity contribution in [2.45, 2.75) is 103 Å². The molecule has 0 bridgehead atoms. The highest BCUT2D eigenvalue weighted by Gasteiger charge is 2.31. The molecule has 1 saturated heterocycles. The molecule has 2 nitrogen and oxygen atoms in total. The summed E-state index contributed by atoms with van der Waals surface area (Å²) in [6.07, 6.45) is 21.1. The Morgan fingerprint density at radius 2 is 1.26 bits per heavy atom. The van der Waals surface area contributed by atoms with Crippen LogP contribution >= 0.6 is 0 Å². The third-order valence-corrected chi connectivity index (χ3v) is 8.17. The van der Waals surface area contributed by atoms with E-state index in [4.69, 9.17) is 9.47 Å².